The molecule has 1 aromatic carbocycles. The summed E-state index contributed by atoms with van der Waals surface area (Å²) in [5.41, 5.74) is 0.941. The molecule has 0 aliphatic rings. The minimum absolute atomic E-state index is 0.0310. The molecule has 6 heteroatoms. The Morgan fingerprint density at radius 3 is 2.86 bits per heavy atom. The van der Waals surface area contributed by atoms with E-state index in [4.69, 9.17) is 21.4 Å². The van der Waals surface area contributed by atoms with Crippen molar-refractivity contribution in [1.29, 1.82) is 0 Å². The third-order valence-electron chi connectivity index (χ3n) is 2.93. The van der Waals surface area contributed by atoms with Gasteiger partial charge in [-0.15, -0.1) is 0 Å². The molecule has 0 saturated carbocycles. The average Bonchev–Trinajstić information content (AvgIpc) is 2.49. The van der Waals surface area contributed by atoms with Crippen molar-refractivity contribution in [2.75, 3.05) is 6.61 Å². The molecule has 0 bridgehead atoms. The number of hydrogen-bond donors (Lipinski definition) is 1. The maximum atomic E-state index is 10.9. The minimum Gasteiger partial charge on any atom is -0.493 e. The van der Waals surface area contributed by atoms with Gasteiger partial charge in [0.05, 0.1) is 17.8 Å². The molecule has 0 saturated heterocycles. The molecule has 2 aromatic rings. The number of ether oxygens (including phenoxy) is 1. The maximum absolute atomic E-state index is 10.9. The molecule has 2 rings (SSSR count). The second-order valence-electron chi connectivity index (χ2n) is 4.35. The van der Waals surface area contributed by atoms with E-state index < -0.39 is 5.97 Å². The zero-order valence-corrected chi connectivity index (χ0v) is 12.3. The van der Waals surface area contributed by atoms with Crippen LogP contribution in [0.1, 0.15) is 28.8 Å². The highest BCUT2D eigenvalue weighted by Gasteiger charge is 2.12. The summed E-state index contributed by atoms with van der Waals surface area (Å²) in [6.07, 6.45) is 2.60. The van der Waals surface area contributed by atoms with Crippen LogP contribution in [0.15, 0.2) is 30.5 Å². The van der Waals surface area contributed by atoms with Gasteiger partial charge < -0.3 is 9.84 Å². The van der Waals surface area contributed by atoms with E-state index in [2.05, 4.69) is 16.9 Å². The van der Waals surface area contributed by atoms with Crippen molar-refractivity contribution in [3.05, 3.63) is 52.6 Å². The Hall–Kier alpha value is -2.14. The van der Waals surface area contributed by atoms with E-state index in [1.165, 1.54) is 6.20 Å². The summed E-state index contributed by atoms with van der Waals surface area (Å²) in [5.74, 6) is 0.0547. The van der Waals surface area contributed by atoms with E-state index >= 15 is 0 Å². The van der Waals surface area contributed by atoms with Crippen LogP contribution in [0.2, 0.25) is 5.02 Å². The first kappa shape index (κ1) is 15.3. The third kappa shape index (κ3) is 3.92. The third-order valence-corrected chi connectivity index (χ3v) is 3.21. The van der Waals surface area contributed by atoms with Crippen LogP contribution in [0.4, 0.5) is 0 Å². The molecule has 0 fully saturated rings. The summed E-state index contributed by atoms with van der Waals surface area (Å²) in [4.78, 5) is 18.9. The number of rotatable bonds is 6. The molecule has 0 aliphatic heterocycles. The molecule has 21 heavy (non-hydrogen) atoms. The summed E-state index contributed by atoms with van der Waals surface area (Å²) in [6.45, 7) is 2.43. The Labute approximate surface area is 127 Å². The Morgan fingerprint density at radius 2 is 2.14 bits per heavy atom. The van der Waals surface area contributed by atoms with Crippen molar-refractivity contribution >= 4 is 17.6 Å². The number of nitrogens with zero attached hydrogens (tertiary/aromatic N) is 2. The van der Waals surface area contributed by atoms with E-state index in [-0.39, 0.29) is 10.7 Å². The number of para-hydroxylation sites is 1. The first-order chi connectivity index (χ1) is 10.1. The molecule has 1 heterocycles. The molecule has 1 N–H and O–H groups in total. The number of carboxylic acids is 1. The second kappa shape index (κ2) is 7.04. The molecule has 0 aliphatic carbocycles. The molecular weight excluding hydrogens is 292 g/mol. The fourth-order valence-corrected chi connectivity index (χ4v) is 2.03. The van der Waals surface area contributed by atoms with Gasteiger partial charge in [0.1, 0.15) is 11.6 Å². The van der Waals surface area contributed by atoms with Crippen LogP contribution < -0.4 is 4.74 Å². The van der Waals surface area contributed by atoms with Crippen molar-refractivity contribution in [1.82, 2.24) is 9.97 Å². The van der Waals surface area contributed by atoms with Gasteiger partial charge in [-0.1, -0.05) is 36.7 Å². The predicted molar refractivity (Wildman–Crippen MR) is 79.0 cm³/mol. The normalized spacial score (nSPS) is 10.4. The topological polar surface area (TPSA) is 72.3 Å². The van der Waals surface area contributed by atoms with Gasteiger partial charge in [0.25, 0.3) is 0 Å². The van der Waals surface area contributed by atoms with Gasteiger partial charge in [-0.05, 0) is 18.1 Å². The standard InChI is InChI=1S/C15H15ClN2O3/c1-2-10-5-3-4-6-12(10)21-8-7-13-17-9-11(16)14(18-13)15(19)20/h3-6,9H,2,7-8H2,1H3,(H,19,20). The van der Waals surface area contributed by atoms with Gasteiger partial charge in [-0.3, -0.25) is 0 Å². The predicted octanol–water partition coefficient (Wildman–Crippen LogP) is 3.01. The number of aromatic nitrogens is 2. The fourth-order valence-electron chi connectivity index (χ4n) is 1.86. The van der Waals surface area contributed by atoms with Crippen LogP contribution in [0.25, 0.3) is 0 Å². The average molecular weight is 307 g/mol. The van der Waals surface area contributed by atoms with Gasteiger partial charge in [0, 0.05) is 6.42 Å². The van der Waals surface area contributed by atoms with Gasteiger partial charge in [0.15, 0.2) is 5.69 Å². The van der Waals surface area contributed by atoms with Crippen LogP contribution in [0, 0.1) is 0 Å². The zero-order valence-electron chi connectivity index (χ0n) is 11.5. The molecular formula is C15H15ClN2O3. The molecule has 110 valence electrons. The monoisotopic (exact) mass is 306 g/mol. The van der Waals surface area contributed by atoms with Crippen LogP contribution in [0.5, 0.6) is 5.75 Å². The van der Waals surface area contributed by atoms with Gasteiger partial charge in [-0.25, -0.2) is 14.8 Å². The molecule has 0 unspecified atom stereocenters. The van der Waals surface area contributed by atoms with Crippen molar-refractivity contribution in [2.45, 2.75) is 19.8 Å². The lowest BCUT2D eigenvalue weighted by Crippen LogP contribution is -2.10. The Bertz CT molecular complexity index is 647. The SMILES string of the molecule is CCc1ccccc1OCCc1ncc(Cl)c(C(=O)O)n1. The van der Waals surface area contributed by atoms with Crippen LogP contribution in [0.3, 0.4) is 0 Å². The first-order valence-corrected chi connectivity index (χ1v) is 6.95. The highest BCUT2D eigenvalue weighted by Crippen LogP contribution is 2.18. The molecule has 0 atom stereocenters. The number of benzene rings is 1. The lowest BCUT2D eigenvalue weighted by molar-refractivity contribution is 0.0690. The molecule has 5 nitrogen and oxygen atoms in total. The summed E-state index contributed by atoms with van der Waals surface area (Å²) in [5, 5.41) is 8.99. The maximum Gasteiger partial charge on any atom is 0.356 e. The van der Waals surface area contributed by atoms with E-state index in [0.717, 1.165) is 17.7 Å². The Morgan fingerprint density at radius 1 is 1.38 bits per heavy atom. The number of carbonyl (C=O) groups is 1. The molecule has 0 amide bonds. The summed E-state index contributed by atoms with van der Waals surface area (Å²) >= 11 is 5.72. The highest BCUT2D eigenvalue weighted by atomic mass is 35.5. The van der Waals surface area contributed by atoms with E-state index in [1.807, 2.05) is 24.3 Å². The lowest BCUT2D eigenvalue weighted by atomic mass is 10.1. The molecule has 0 radical (unpaired) electrons. The van der Waals surface area contributed by atoms with Crippen LogP contribution >= 0.6 is 11.6 Å². The number of hydrogen-bond acceptors (Lipinski definition) is 4. The quantitative estimate of drug-likeness (QED) is 0.888. The fraction of sp³-hybridized carbons (Fsp3) is 0.267. The summed E-state index contributed by atoms with van der Waals surface area (Å²) < 4.78 is 5.70. The Balaban J connectivity index is 2.00. The largest absolute Gasteiger partial charge is 0.493 e. The summed E-state index contributed by atoms with van der Waals surface area (Å²) in [7, 11) is 0. The number of aryl methyl sites for hydroxylation is 1. The number of carboxylic acid groups (broad SMARTS) is 1. The lowest BCUT2D eigenvalue weighted by Gasteiger charge is -2.10. The molecule has 0 spiro atoms. The zero-order chi connectivity index (χ0) is 15.2. The van der Waals surface area contributed by atoms with E-state index in [9.17, 15) is 4.79 Å². The smallest absolute Gasteiger partial charge is 0.356 e. The Kier molecular flexibility index (Phi) is 5.11. The van der Waals surface area contributed by atoms with Crippen molar-refractivity contribution in [2.24, 2.45) is 0 Å². The van der Waals surface area contributed by atoms with E-state index in [1.54, 1.807) is 0 Å². The van der Waals surface area contributed by atoms with Gasteiger partial charge in [-0.2, -0.15) is 0 Å². The highest BCUT2D eigenvalue weighted by molar-refractivity contribution is 6.33. The summed E-state index contributed by atoms with van der Waals surface area (Å²) in [6, 6.07) is 7.80. The number of halogens is 1. The van der Waals surface area contributed by atoms with Crippen molar-refractivity contribution in [3.63, 3.8) is 0 Å². The van der Waals surface area contributed by atoms with Crippen molar-refractivity contribution in [3.8, 4) is 5.75 Å². The first-order valence-electron chi connectivity index (χ1n) is 6.57. The minimum atomic E-state index is -1.17. The van der Waals surface area contributed by atoms with Gasteiger partial charge >= 0.3 is 5.97 Å². The molecule has 1 aromatic heterocycles. The number of aromatic carboxylic acids is 1. The van der Waals surface area contributed by atoms with E-state index in [0.29, 0.717) is 18.9 Å². The van der Waals surface area contributed by atoms with Gasteiger partial charge in [0.2, 0.25) is 0 Å². The van der Waals surface area contributed by atoms with Crippen LogP contribution in [-0.2, 0) is 12.8 Å². The second-order valence-corrected chi connectivity index (χ2v) is 4.75. The van der Waals surface area contributed by atoms with Crippen LogP contribution in [-0.4, -0.2) is 27.7 Å². The van der Waals surface area contributed by atoms with Crippen molar-refractivity contribution < 1.29 is 14.6 Å².